The number of aromatic nitrogens is 2. The van der Waals surface area contributed by atoms with Crippen LogP contribution in [0.4, 0.5) is 10.5 Å². The van der Waals surface area contributed by atoms with Crippen LogP contribution in [-0.2, 0) is 0 Å². The summed E-state index contributed by atoms with van der Waals surface area (Å²) in [4.78, 5) is 18.6. The summed E-state index contributed by atoms with van der Waals surface area (Å²) in [6.45, 7) is 1.73. The molecule has 0 atom stereocenters. The second-order valence-corrected chi connectivity index (χ2v) is 2.31. The minimum atomic E-state index is -0.632. The lowest BCUT2D eigenvalue weighted by Crippen LogP contribution is -2.47. The lowest BCUT2D eigenvalue weighted by molar-refractivity contribution is 0.246. The van der Waals surface area contributed by atoms with Gasteiger partial charge in [-0.15, -0.1) is 0 Å². The maximum absolute atomic E-state index is 10.9. The smallest absolute Gasteiger partial charge is 0.274 e. The lowest BCUT2D eigenvalue weighted by atomic mass is 10.5. The van der Waals surface area contributed by atoms with Crippen LogP contribution in [0.5, 0.6) is 0 Å². The van der Waals surface area contributed by atoms with Gasteiger partial charge in [0.25, 0.3) is 0 Å². The van der Waals surface area contributed by atoms with Crippen LogP contribution in [-0.4, -0.2) is 16.0 Å². The molecule has 0 bridgehead atoms. The van der Waals surface area contributed by atoms with Gasteiger partial charge < -0.3 is 0 Å². The number of hydrazine groups is 2. The highest BCUT2D eigenvalue weighted by Crippen LogP contribution is 2.05. The number of rotatable bonds is 1. The Kier molecular flexibility index (Phi) is 2.72. The number of anilines is 1. The lowest BCUT2D eigenvalue weighted by Gasteiger charge is -2.14. The molecule has 1 heterocycles. The second kappa shape index (κ2) is 3.78. The molecule has 0 unspecified atom stereocenters. The van der Waals surface area contributed by atoms with Gasteiger partial charge >= 0.3 is 6.03 Å². The van der Waals surface area contributed by atoms with Gasteiger partial charge in [0.15, 0.2) is 0 Å². The largest absolute Gasteiger partial charge is 0.350 e. The average Bonchev–Trinajstić information content (AvgIpc) is 2.17. The highest BCUT2D eigenvalue weighted by molar-refractivity contribution is 5.89. The molecule has 70 valence electrons. The molecule has 7 nitrogen and oxygen atoms in total. The standard InChI is InChI=1S/C6H10N6O/c1-4-9-2-5(3-10-4)12(8)6(13)11-7/h2-3H,7-8H2,1H3,(H,11,13). The normalized spacial score (nSPS) is 9.46. The molecule has 0 aliphatic carbocycles. The summed E-state index contributed by atoms with van der Waals surface area (Å²) in [6.07, 6.45) is 2.86. The van der Waals surface area contributed by atoms with Crippen molar-refractivity contribution in [2.45, 2.75) is 6.92 Å². The maximum atomic E-state index is 10.9. The van der Waals surface area contributed by atoms with E-state index < -0.39 is 6.03 Å². The van der Waals surface area contributed by atoms with E-state index in [2.05, 4.69) is 9.97 Å². The van der Waals surface area contributed by atoms with Gasteiger partial charge in [0.1, 0.15) is 5.82 Å². The fourth-order valence-electron chi connectivity index (χ4n) is 0.697. The third-order valence-electron chi connectivity index (χ3n) is 1.39. The van der Waals surface area contributed by atoms with Crippen molar-refractivity contribution in [3.8, 4) is 0 Å². The van der Waals surface area contributed by atoms with Crippen LogP contribution >= 0.6 is 0 Å². The molecular weight excluding hydrogens is 172 g/mol. The number of hydrogen-bond acceptors (Lipinski definition) is 5. The van der Waals surface area contributed by atoms with Gasteiger partial charge in [0, 0.05) is 0 Å². The Labute approximate surface area is 74.7 Å². The number of hydrogen-bond donors (Lipinski definition) is 3. The number of amides is 2. The SMILES string of the molecule is Cc1ncc(N(N)C(=O)NN)cn1. The molecular formula is C6H10N6O. The third kappa shape index (κ3) is 2.10. The first-order valence-corrected chi connectivity index (χ1v) is 3.49. The summed E-state index contributed by atoms with van der Waals surface area (Å²) in [5.74, 6) is 10.8. The van der Waals surface area contributed by atoms with E-state index >= 15 is 0 Å². The first-order chi connectivity index (χ1) is 6.15. The predicted octanol–water partition coefficient (Wildman–Crippen LogP) is -0.952. The van der Waals surface area contributed by atoms with E-state index in [-0.39, 0.29) is 0 Å². The van der Waals surface area contributed by atoms with E-state index in [1.807, 2.05) is 5.43 Å². The van der Waals surface area contributed by atoms with Crippen LogP contribution in [0, 0.1) is 6.92 Å². The molecule has 1 aromatic heterocycles. The van der Waals surface area contributed by atoms with Gasteiger partial charge in [-0.3, -0.25) is 5.43 Å². The van der Waals surface area contributed by atoms with Crippen molar-refractivity contribution in [1.82, 2.24) is 15.4 Å². The Morgan fingerprint density at radius 2 is 2.08 bits per heavy atom. The van der Waals surface area contributed by atoms with Crippen LogP contribution in [0.2, 0.25) is 0 Å². The van der Waals surface area contributed by atoms with Crippen LogP contribution < -0.4 is 22.1 Å². The van der Waals surface area contributed by atoms with Crippen molar-refractivity contribution in [3.63, 3.8) is 0 Å². The topological polar surface area (TPSA) is 110 Å². The van der Waals surface area contributed by atoms with Crippen molar-refractivity contribution in [3.05, 3.63) is 18.2 Å². The molecule has 0 aliphatic heterocycles. The molecule has 0 fully saturated rings. The van der Waals surface area contributed by atoms with Crippen molar-refractivity contribution in [2.24, 2.45) is 11.7 Å². The Bertz CT molecular complexity index is 296. The minimum absolute atomic E-state index is 0.369. The quantitative estimate of drug-likeness (QED) is 0.294. The van der Waals surface area contributed by atoms with E-state index in [4.69, 9.17) is 11.7 Å². The third-order valence-corrected chi connectivity index (χ3v) is 1.39. The Morgan fingerprint density at radius 1 is 1.54 bits per heavy atom. The summed E-state index contributed by atoms with van der Waals surface area (Å²) in [6, 6.07) is -0.632. The summed E-state index contributed by atoms with van der Waals surface area (Å²) >= 11 is 0. The first kappa shape index (κ1) is 9.36. The van der Waals surface area contributed by atoms with Crippen LogP contribution in [0.25, 0.3) is 0 Å². The number of nitrogens with zero attached hydrogens (tertiary/aromatic N) is 3. The Balaban J connectivity index is 2.83. The van der Waals surface area contributed by atoms with Crippen molar-refractivity contribution >= 4 is 11.7 Å². The highest BCUT2D eigenvalue weighted by Gasteiger charge is 2.09. The minimum Gasteiger partial charge on any atom is -0.274 e. The van der Waals surface area contributed by atoms with E-state index in [1.165, 1.54) is 12.4 Å². The average molecular weight is 182 g/mol. The molecule has 2 amide bonds. The molecule has 0 saturated carbocycles. The number of carbonyl (C=O) groups excluding carboxylic acids is 1. The van der Waals surface area contributed by atoms with E-state index in [1.54, 1.807) is 6.92 Å². The molecule has 1 rings (SSSR count). The van der Waals surface area contributed by atoms with Gasteiger partial charge in [-0.05, 0) is 6.92 Å². The summed E-state index contributed by atoms with van der Waals surface area (Å²) in [5.41, 5.74) is 2.25. The fraction of sp³-hybridized carbons (Fsp3) is 0.167. The van der Waals surface area contributed by atoms with E-state index in [0.29, 0.717) is 11.5 Å². The second-order valence-electron chi connectivity index (χ2n) is 2.31. The summed E-state index contributed by atoms with van der Waals surface area (Å²) in [5, 5.41) is 0.819. The van der Waals surface area contributed by atoms with E-state index in [0.717, 1.165) is 5.01 Å². The van der Waals surface area contributed by atoms with Crippen molar-refractivity contribution < 1.29 is 4.79 Å². The number of carbonyl (C=O) groups is 1. The van der Waals surface area contributed by atoms with Crippen LogP contribution in [0.3, 0.4) is 0 Å². The number of aryl methyl sites for hydroxylation is 1. The first-order valence-electron chi connectivity index (χ1n) is 3.49. The van der Waals surface area contributed by atoms with Crippen LogP contribution in [0.15, 0.2) is 12.4 Å². The summed E-state index contributed by atoms with van der Waals surface area (Å²) in [7, 11) is 0. The number of urea groups is 1. The van der Waals surface area contributed by atoms with E-state index in [9.17, 15) is 4.79 Å². The van der Waals surface area contributed by atoms with Gasteiger partial charge in [-0.2, -0.15) is 0 Å². The zero-order valence-electron chi connectivity index (χ0n) is 7.06. The van der Waals surface area contributed by atoms with Gasteiger partial charge in [-0.25, -0.2) is 31.5 Å². The monoisotopic (exact) mass is 182 g/mol. The molecule has 0 radical (unpaired) electrons. The van der Waals surface area contributed by atoms with Gasteiger partial charge in [0.2, 0.25) is 0 Å². The number of nitrogens with one attached hydrogen (secondary N) is 1. The zero-order valence-corrected chi connectivity index (χ0v) is 7.06. The summed E-state index contributed by atoms with van der Waals surface area (Å²) < 4.78 is 0. The Morgan fingerprint density at radius 3 is 2.54 bits per heavy atom. The highest BCUT2D eigenvalue weighted by atomic mass is 16.2. The molecule has 1 aromatic rings. The predicted molar refractivity (Wildman–Crippen MR) is 46.2 cm³/mol. The molecule has 5 N–H and O–H groups in total. The zero-order chi connectivity index (χ0) is 9.84. The van der Waals surface area contributed by atoms with Gasteiger partial charge in [0.05, 0.1) is 18.1 Å². The molecule has 0 spiro atoms. The molecule has 0 aromatic carbocycles. The fourth-order valence-corrected chi connectivity index (χ4v) is 0.697. The Hall–Kier alpha value is -1.73. The number of nitrogens with two attached hydrogens (primary N) is 2. The maximum Gasteiger partial charge on any atom is 0.350 e. The van der Waals surface area contributed by atoms with Crippen molar-refractivity contribution in [1.29, 1.82) is 0 Å². The van der Waals surface area contributed by atoms with Gasteiger partial charge in [-0.1, -0.05) is 0 Å². The molecule has 0 saturated heterocycles. The molecule has 13 heavy (non-hydrogen) atoms. The molecule has 7 heteroatoms. The molecule has 0 aliphatic rings. The van der Waals surface area contributed by atoms with Crippen molar-refractivity contribution in [2.75, 3.05) is 5.01 Å². The van der Waals surface area contributed by atoms with Crippen LogP contribution in [0.1, 0.15) is 5.82 Å².